The minimum absolute atomic E-state index is 0.297. The quantitative estimate of drug-likeness (QED) is 0.793. The molecule has 6 heteroatoms. The molecule has 0 saturated carbocycles. The number of ether oxygens (including phenoxy) is 1. The number of pyridine rings is 1. The third-order valence-electron chi connectivity index (χ3n) is 3.53. The molecule has 0 spiro atoms. The Hall–Kier alpha value is -2.89. The normalized spacial score (nSPS) is 11.8. The zero-order valence-corrected chi connectivity index (χ0v) is 13.8. The zero-order valence-electron chi connectivity index (χ0n) is 13.8. The van der Waals surface area contributed by atoms with E-state index < -0.39 is 17.8 Å². The number of carbonyl (C=O) groups is 2. The van der Waals surface area contributed by atoms with Crippen molar-refractivity contribution >= 4 is 17.6 Å². The van der Waals surface area contributed by atoms with Crippen molar-refractivity contribution in [2.24, 2.45) is 11.8 Å². The number of nitrogens with zero attached hydrogens (tertiary/aromatic N) is 1. The van der Waals surface area contributed by atoms with Crippen LogP contribution in [0.1, 0.15) is 19.4 Å². The predicted octanol–water partition coefficient (Wildman–Crippen LogP) is 3.48. The highest BCUT2D eigenvalue weighted by atomic mass is 16.5. The lowest BCUT2D eigenvalue weighted by atomic mass is 9.95. The van der Waals surface area contributed by atoms with Crippen LogP contribution in [-0.4, -0.2) is 22.0 Å². The number of anilines is 1. The van der Waals surface area contributed by atoms with Gasteiger partial charge in [-0.2, -0.15) is 0 Å². The van der Waals surface area contributed by atoms with E-state index in [0.29, 0.717) is 17.3 Å². The molecule has 24 heavy (non-hydrogen) atoms. The van der Waals surface area contributed by atoms with Gasteiger partial charge in [-0.25, -0.2) is 4.98 Å². The van der Waals surface area contributed by atoms with Crippen molar-refractivity contribution in [2.75, 3.05) is 5.32 Å². The lowest BCUT2D eigenvalue weighted by Crippen LogP contribution is -2.33. The molecule has 0 saturated heterocycles. The molecular formula is C18H20N2O4. The molecule has 1 unspecified atom stereocenters. The summed E-state index contributed by atoms with van der Waals surface area (Å²) in [5.74, 6) is -1.99. The Morgan fingerprint density at radius 3 is 2.50 bits per heavy atom. The van der Waals surface area contributed by atoms with E-state index in [1.54, 1.807) is 50.4 Å². The lowest BCUT2D eigenvalue weighted by Gasteiger charge is -2.17. The van der Waals surface area contributed by atoms with Crippen LogP contribution in [0, 0.1) is 18.8 Å². The predicted molar refractivity (Wildman–Crippen MR) is 90.1 cm³/mol. The third-order valence-corrected chi connectivity index (χ3v) is 3.53. The van der Waals surface area contributed by atoms with E-state index >= 15 is 0 Å². The highest BCUT2D eigenvalue weighted by Crippen LogP contribution is 2.25. The Morgan fingerprint density at radius 2 is 1.96 bits per heavy atom. The molecule has 1 atom stereocenters. The lowest BCUT2D eigenvalue weighted by molar-refractivity contribution is -0.147. The molecule has 1 amide bonds. The molecule has 2 rings (SSSR count). The van der Waals surface area contributed by atoms with Crippen LogP contribution < -0.4 is 10.1 Å². The smallest absolute Gasteiger partial charge is 0.316 e. The SMILES string of the molecule is Cc1cc(Oc2ccccn2)ccc1NC(=O)C(C(=O)O)C(C)C. The maximum Gasteiger partial charge on any atom is 0.316 e. The molecule has 6 nitrogen and oxygen atoms in total. The minimum atomic E-state index is -1.13. The van der Waals surface area contributed by atoms with Crippen molar-refractivity contribution < 1.29 is 19.4 Å². The minimum Gasteiger partial charge on any atom is -0.481 e. The molecule has 2 N–H and O–H groups in total. The van der Waals surface area contributed by atoms with Crippen LogP contribution in [-0.2, 0) is 9.59 Å². The van der Waals surface area contributed by atoms with Crippen molar-refractivity contribution in [1.82, 2.24) is 4.98 Å². The van der Waals surface area contributed by atoms with Gasteiger partial charge in [0.2, 0.25) is 11.8 Å². The summed E-state index contributed by atoms with van der Waals surface area (Å²) >= 11 is 0. The fourth-order valence-corrected chi connectivity index (χ4v) is 2.28. The van der Waals surface area contributed by atoms with Gasteiger partial charge >= 0.3 is 5.97 Å². The number of nitrogens with one attached hydrogen (secondary N) is 1. The number of rotatable bonds is 6. The first-order chi connectivity index (χ1) is 11.4. The second-order valence-electron chi connectivity index (χ2n) is 5.80. The molecule has 0 aliphatic heterocycles. The largest absolute Gasteiger partial charge is 0.481 e. The Balaban J connectivity index is 2.12. The van der Waals surface area contributed by atoms with Crippen LogP contribution in [0.15, 0.2) is 42.6 Å². The van der Waals surface area contributed by atoms with Crippen molar-refractivity contribution in [2.45, 2.75) is 20.8 Å². The van der Waals surface area contributed by atoms with Gasteiger partial charge in [0, 0.05) is 18.0 Å². The van der Waals surface area contributed by atoms with E-state index in [9.17, 15) is 14.7 Å². The fourth-order valence-electron chi connectivity index (χ4n) is 2.28. The Morgan fingerprint density at radius 1 is 1.21 bits per heavy atom. The van der Waals surface area contributed by atoms with Crippen molar-refractivity contribution in [3.8, 4) is 11.6 Å². The average Bonchev–Trinajstić information content (AvgIpc) is 2.50. The maximum absolute atomic E-state index is 12.2. The van der Waals surface area contributed by atoms with Crippen LogP contribution in [0.25, 0.3) is 0 Å². The molecule has 1 aromatic heterocycles. The van der Waals surface area contributed by atoms with E-state index in [1.807, 2.05) is 13.0 Å². The molecule has 126 valence electrons. The van der Waals surface area contributed by atoms with E-state index in [-0.39, 0.29) is 5.92 Å². The number of benzene rings is 1. The van der Waals surface area contributed by atoms with Crippen LogP contribution in [0.5, 0.6) is 11.6 Å². The van der Waals surface area contributed by atoms with Gasteiger partial charge in [0.25, 0.3) is 0 Å². The molecule has 0 radical (unpaired) electrons. The van der Waals surface area contributed by atoms with Crippen LogP contribution in [0.4, 0.5) is 5.69 Å². The first-order valence-corrected chi connectivity index (χ1v) is 7.61. The van der Waals surface area contributed by atoms with Gasteiger partial charge in [0.1, 0.15) is 11.7 Å². The van der Waals surface area contributed by atoms with Crippen LogP contribution >= 0.6 is 0 Å². The summed E-state index contributed by atoms with van der Waals surface area (Å²) in [6, 6.07) is 10.5. The van der Waals surface area contributed by atoms with Gasteiger partial charge in [0.05, 0.1) is 0 Å². The first kappa shape index (κ1) is 17.5. The molecule has 0 aliphatic rings. The highest BCUT2D eigenvalue weighted by molar-refractivity contribution is 6.04. The summed E-state index contributed by atoms with van der Waals surface area (Å²) in [5.41, 5.74) is 1.32. The molecule has 0 bridgehead atoms. The van der Waals surface area contributed by atoms with E-state index in [2.05, 4.69) is 10.3 Å². The summed E-state index contributed by atoms with van der Waals surface area (Å²) in [7, 11) is 0. The number of carboxylic acids is 1. The number of carboxylic acid groups (broad SMARTS) is 1. The number of aliphatic carboxylic acids is 1. The van der Waals surface area contributed by atoms with Crippen molar-refractivity contribution in [1.29, 1.82) is 0 Å². The number of hydrogen-bond donors (Lipinski definition) is 2. The molecule has 2 aromatic rings. The summed E-state index contributed by atoms with van der Waals surface area (Å²) in [6.45, 7) is 5.22. The van der Waals surface area contributed by atoms with Gasteiger partial charge in [-0.15, -0.1) is 0 Å². The average molecular weight is 328 g/mol. The van der Waals surface area contributed by atoms with Gasteiger partial charge in [0.15, 0.2) is 0 Å². The fraction of sp³-hybridized carbons (Fsp3) is 0.278. The highest BCUT2D eigenvalue weighted by Gasteiger charge is 2.29. The molecule has 0 fully saturated rings. The topological polar surface area (TPSA) is 88.5 Å². The first-order valence-electron chi connectivity index (χ1n) is 7.61. The third kappa shape index (κ3) is 4.32. The van der Waals surface area contributed by atoms with E-state index in [4.69, 9.17) is 4.74 Å². The van der Waals surface area contributed by atoms with Gasteiger partial charge < -0.3 is 15.2 Å². The van der Waals surface area contributed by atoms with Gasteiger partial charge in [-0.1, -0.05) is 19.9 Å². The van der Waals surface area contributed by atoms with Crippen LogP contribution in [0.2, 0.25) is 0 Å². The van der Waals surface area contributed by atoms with Gasteiger partial charge in [-0.05, 0) is 42.7 Å². The van der Waals surface area contributed by atoms with E-state index in [1.165, 1.54) is 0 Å². The van der Waals surface area contributed by atoms with Crippen LogP contribution in [0.3, 0.4) is 0 Å². The second kappa shape index (κ2) is 7.59. The molecular weight excluding hydrogens is 308 g/mol. The van der Waals surface area contributed by atoms with Crippen molar-refractivity contribution in [3.05, 3.63) is 48.2 Å². The summed E-state index contributed by atoms with van der Waals surface area (Å²) in [4.78, 5) is 27.5. The monoisotopic (exact) mass is 328 g/mol. The molecule has 0 aliphatic carbocycles. The van der Waals surface area contributed by atoms with Crippen molar-refractivity contribution in [3.63, 3.8) is 0 Å². The Bertz CT molecular complexity index is 729. The van der Waals surface area contributed by atoms with Gasteiger partial charge in [-0.3, -0.25) is 9.59 Å². The van der Waals surface area contributed by atoms with E-state index in [0.717, 1.165) is 5.56 Å². The molecule has 1 aromatic carbocycles. The number of carbonyl (C=O) groups excluding carboxylic acids is 1. The number of amides is 1. The second-order valence-corrected chi connectivity index (χ2v) is 5.80. The molecule has 1 heterocycles. The summed E-state index contributed by atoms with van der Waals surface area (Å²) in [6.07, 6.45) is 1.63. The number of aromatic nitrogens is 1. The standard InChI is InChI=1S/C18H20N2O4/c1-11(2)16(18(22)23)17(21)20-14-8-7-13(10-12(14)3)24-15-6-4-5-9-19-15/h4-11,16H,1-3H3,(H,20,21)(H,22,23). The Kier molecular flexibility index (Phi) is 5.52. The number of aryl methyl sites for hydroxylation is 1. The Labute approximate surface area is 140 Å². The number of hydrogen-bond acceptors (Lipinski definition) is 4. The zero-order chi connectivity index (χ0) is 17.7. The maximum atomic E-state index is 12.2. The summed E-state index contributed by atoms with van der Waals surface area (Å²) in [5, 5.41) is 11.9. The summed E-state index contributed by atoms with van der Waals surface area (Å²) < 4.78 is 5.63.